The fraction of sp³-hybridized carbons (Fsp3) is 0.235. The maximum absolute atomic E-state index is 13.8. The minimum absolute atomic E-state index is 0.186. The van der Waals surface area contributed by atoms with Crippen molar-refractivity contribution in [3.63, 3.8) is 0 Å². The number of carbonyl (C=O) groups excluding carboxylic acids is 1. The van der Waals surface area contributed by atoms with Crippen LogP contribution in [0.1, 0.15) is 24.5 Å². The predicted octanol–water partition coefficient (Wildman–Crippen LogP) is 3.05. The molecule has 0 radical (unpaired) electrons. The smallest absolute Gasteiger partial charge is 0.272 e. The molecule has 0 saturated heterocycles. The van der Waals surface area contributed by atoms with Gasteiger partial charge in [0.2, 0.25) is 5.60 Å². The van der Waals surface area contributed by atoms with E-state index in [4.69, 9.17) is 4.84 Å². The first-order valence-corrected chi connectivity index (χ1v) is 7.22. The van der Waals surface area contributed by atoms with Gasteiger partial charge < -0.3 is 10.2 Å². The molecule has 118 valence electrons. The lowest BCUT2D eigenvalue weighted by Crippen LogP contribution is -2.40. The number of hydrogen-bond acceptors (Lipinski definition) is 4. The summed E-state index contributed by atoms with van der Waals surface area (Å²) in [5.41, 5.74) is 0.566. The summed E-state index contributed by atoms with van der Waals surface area (Å²) in [6.45, 7) is 3.53. The number of carbonyl (C=O) groups is 1. The molecule has 0 fully saturated rings. The van der Waals surface area contributed by atoms with Crippen molar-refractivity contribution in [2.24, 2.45) is 5.16 Å². The van der Waals surface area contributed by atoms with Crippen molar-refractivity contribution in [1.82, 2.24) is 4.98 Å². The van der Waals surface area contributed by atoms with Crippen molar-refractivity contribution in [3.8, 4) is 0 Å². The Hall–Kier alpha value is -2.76. The average Bonchev–Trinajstić information content (AvgIpc) is 2.94. The van der Waals surface area contributed by atoms with Gasteiger partial charge in [-0.1, -0.05) is 29.4 Å². The normalized spacial score (nSPS) is 19.9. The topological polar surface area (TPSA) is 63.6 Å². The van der Waals surface area contributed by atoms with E-state index < -0.39 is 5.60 Å². The van der Waals surface area contributed by atoms with E-state index in [1.165, 1.54) is 6.07 Å². The van der Waals surface area contributed by atoms with Crippen LogP contribution in [0.3, 0.4) is 0 Å². The molecule has 3 rings (SSSR count). The molecule has 6 heteroatoms. The van der Waals surface area contributed by atoms with Gasteiger partial charge >= 0.3 is 0 Å². The summed E-state index contributed by atoms with van der Waals surface area (Å²) < 4.78 is 13.8. The van der Waals surface area contributed by atoms with Crippen LogP contribution < -0.4 is 5.32 Å². The molecule has 2 aromatic rings. The van der Waals surface area contributed by atoms with Gasteiger partial charge in [0, 0.05) is 18.2 Å². The summed E-state index contributed by atoms with van der Waals surface area (Å²) >= 11 is 0. The maximum Gasteiger partial charge on any atom is 0.272 e. The van der Waals surface area contributed by atoms with Crippen molar-refractivity contribution >= 4 is 17.4 Å². The fourth-order valence-corrected chi connectivity index (χ4v) is 2.29. The third-order valence-corrected chi connectivity index (χ3v) is 3.68. The van der Waals surface area contributed by atoms with E-state index in [9.17, 15) is 9.18 Å². The molecule has 1 aliphatic rings. The molecule has 0 spiro atoms. The van der Waals surface area contributed by atoms with Gasteiger partial charge in [0.25, 0.3) is 5.91 Å². The number of aryl methyl sites for hydroxylation is 1. The highest BCUT2D eigenvalue weighted by atomic mass is 19.1. The maximum atomic E-state index is 13.8. The molecule has 1 aromatic carbocycles. The van der Waals surface area contributed by atoms with Crippen LogP contribution in [0.2, 0.25) is 0 Å². The molecule has 0 saturated carbocycles. The number of hydrogen-bond donors (Lipinski definition) is 1. The molecule has 1 N–H and O–H groups in total. The molecule has 1 amide bonds. The van der Waals surface area contributed by atoms with Crippen molar-refractivity contribution in [2.45, 2.75) is 25.9 Å². The Morgan fingerprint density at radius 1 is 1.30 bits per heavy atom. The van der Waals surface area contributed by atoms with Crippen LogP contribution >= 0.6 is 0 Å². The molecule has 1 atom stereocenters. The second-order valence-electron chi connectivity index (χ2n) is 5.69. The van der Waals surface area contributed by atoms with Gasteiger partial charge in [0.05, 0.1) is 5.71 Å². The first kappa shape index (κ1) is 15.1. The largest absolute Gasteiger partial charge is 0.379 e. The predicted molar refractivity (Wildman–Crippen MR) is 84.6 cm³/mol. The number of aromatic nitrogens is 1. The standard InChI is InChI=1S/C17H16FN3O2/c1-11-7-8-15(19-10-11)20-16(22)17(2)9-14(21-23-17)12-5-3-4-6-13(12)18/h3-8,10H,9H2,1-2H3,(H,19,20,22). The van der Waals surface area contributed by atoms with Crippen molar-refractivity contribution < 1.29 is 14.0 Å². The Labute approximate surface area is 133 Å². The highest BCUT2D eigenvalue weighted by Crippen LogP contribution is 2.28. The van der Waals surface area contributed by atoms with E-state index in [2.05, 4.69) is 15.5 Å². The average molecular weight is 313 g/mol. The zero-order valence-corrected chi connectivity index (χ0v) is 12.8. The third kappa shape index (κ3) is 3.06. The summed E-state index contributed by atoms with van der Waals surface area (Å²) in [6, 6.07) is 9.84. The first-order valence-electron chi connectivity index (χ1n) is 7.22. The number of halogens is 1. The van der Waals surface area contributed by atoms with E-state index in [1.54, 1.807) is 37.4 Å². The highest BCUT2D eigenvalue weighted by Gasteiger charge is 2.42. The molecule has 5 nitrogen and oxygen atoms in total. The van der Waals surface area contributed by atoms with Gasteiger partial charge in [0.15, 0.2) is 0 Å². The van der Waals surface area contributed by atoms with Crippen LogP contribution in [0.4, 0.5) is 10.2 Å². The molecular weight excluding hydrogens is 297 g/mol. The molecule has 1 aromatic heterocycles. The summed E-state index contributed by atoms with van der Waals surface area (Å²) in [7, 11) is 0. The minimum Gasteiger partial charge on any atom is -0.379 e. The summed E-state index contributed by atoms with van der Waals surface area (Å²) in [5.74, 6) is -0.326. The molecular formula is C17H16FN3O2. The van der Waals surface area contributed by atoms with E-state index >= 15 is 0 Å². The number of nitrogens with zero attached hydrogens (tertiary/aromatic N) is 2. The van der Waals surface area contributed by atoms with Gasteiger partial charge in [0.1, 0.15) is 11.6 Å². The lowest BCUT2D eigenvalue weighted by atomic mass is 9.95. The van der Waals surface area contributed by atoms with Crippen molar-refractivity contribution in [1.29, 1.82) is 0 Å². The van der Waals surface area contributed by atoms with E-state index in [0.717, 1.165) is 5.56 Å². The number of rotatable bonds is 3. The Morgan fingerprint density at radius 2 is 2.09 bits per heavy atom. The van der Waals surface area contributed by atoms with Crippen LogP contribution in [-0.4, -0.2) is 22.2 Å². The zero-order chi connectivity index (χ0) is 16.4. The minimum atomic E-state index is -1.19. The number of amides is 1. The van der Waals surface area contributed by atoms with Gasteiger partial charge in [-0.2, -0.15) is 0 Å². The second-order valence-corrected chi connectivity index (χ2v) is 5.69. The van der Waals surface area contributed by atoms with Crippen LogP contribution in [0.5, 0.6) is 0 Å². The Morgan fingerprint density at radius 3 is 2.78 bits per heavy atom. The lowest BCUT2D eigenvalue weighted by molar-refractivity contribution is -0.135. The summed E-state index contributed by atoms with van der Waals surface area (Å²) in [6.07, 6.45) is 1.85. The van der Waals surface area contributed by atoms with Gasteiger partial charge in [-0.3, -0.25) is 4.79 Å². The summed E-state index contributed by atoms with van der Waals surface area (Å²) in [5, 5.41) is 6.59. The Balaban J connectivity index is 1.73. The number of anilines is 1. The molecule has 0 bridgehead atoms. The monoisotopic (exact) mass is 313 g/mol. The molecule has 23 heavy (non-hydrogen) atoms. The third-order valence-electron chi connectivity index (χ3n) is 3.68. The SMILES string of the molecule is Cc1ccc(NC(=O)C2(C)CC(c3ccccc3F)=NO2)nc1. The quantitative estimate of drug-likeness (QED) is 0.947. The van der Waals surface area contributed by atoms with Crippen LogP contribution in [0.25, 0.3) is 0 Å². The molecule has 0 aliphatic carbocycles. The van der Waals surface area contributed by atoms with Crippen molar-refractivity contribution in [3.05, 3.63) is 59.5 Å². The molecule has 1 unspecified atom stereocenters. The zero-order valence-electron chi connectivity index (χ0n) is 12.8. The van der Waals surface area contributed by atoms with Gasteiger partial charge in [-0.25, -0.2) is 9.37 Å². The Kier molecular flexibility index (Phi) is 3.82. The first-order chi connectivity index (χ1) is 11.0. The second kappa shape index (κ2) is 5.79. The van der Waals surface area contributed by atoms with Gasteiger partial charge in [-0.15, -0.1) is 0 Å². The van der Waals surface area contributed by atoms with Gasteiger partial charge in [-0.05, 0) is 31.5 Å². The number of pyridine rings is 1. The van der Waals surface area contributed by atoms with E-state index in [-0.39, 0.29) is 18.1 Å². The van der Waals surface area contributed by atoms with Crippen molar-refractivity contribution in [2.75, 3.05) is 5.32 Å². The molecule has 2 heterocycles. The highest BCUT2D eigenvalue weighted by molar-refractivity contribution is 6.07. The Bertz CT molecular complexity index is 774. The summed E-state index contributed by atoms with van der Waals surface area (Å²) in [4.78, 5) is 21.9. The lowest BCUT2D eigenvalue weighted by Gasteiger charge is -2.20. The van der Waals surface area contributed by atoms with E-state index in [1.807, 2.05) is 13.0 Å². The number of benzene rings is 1. The number of nitrogens with one attached hydrogen (secondary N) is 1. The van der Waals surface area contributed by atoms with E-state index in [0.29, 0.717) is 17.1 Å². The molecule has 1 aliphatic heterocycles. The number of oxime groups is 1. The van der Waals surface area contributed by atoms with Crippen LogP contribution in [-0.2, 0) is 9.63 Å². The van der Waals surface area contributed by atoms with Crippen LogP contribution in [0.15, 0.2) is 47.8 Å². The van der Waals surface area contributed by atoms with Crippen LogP contribution in [0, 0.1) is 12.7 Å². The fourth-order valence-electron chi connectivity index (χ4n) is 2.29.